The zero-order valence-electron chi connectivity index (χ0n) is 11.0. The molecule has 0 heterocycles. The third kappa shape index (κ3) is 5.79. The van der Waals surface area contributed by atoms with E-state index in [1.807, 2.05) is 11.8 Å². The van der Waals surface area contributed by atoms with Gasteiger partial charge in [-0.3, -0.25) is 0 Å². The topological polar surface area (TPSA) is 29.3 Å². The molecule has 0 aromatic carbocycles. The van der Waals surface area contributed by atoms with Gasteiger partial charge < -0.3 is 10.6 Å². The fraction of sp³-hybridized carbons (Fsp3) is 1.00. The van der Waals surface area contributed by atoms with E-state index in [2.05, 4.69) is 39.0 Å². The first-order chi connectivity index (χ1) is 6.99. The molecule has 0 aliphatic rings. The molecule has 2 nitrogen and oxygen atoms in total. The van der Waals surface area contributed by atoms with Crippen LogP contribution in [-0.2, 0) is 0 Å². The Kier molecular flexibility index (Phi) is 7.66. The monoisotopic (exact) mass is 232 g/mol. The second kappa shape index (κ2) is 7.53. The first-order valence-corrected chi connectivity index (χ1v) is 7.27. The van der Waals surface area contributed by atoms with E-state index in [0.717, 1.165) is 19.5 Å². The average molecular weight is 232 g/mol. The van der Waals surface area contributed by atoms with Crippen molar-refractivity contribution in [2.45, 2.75) is 39.7 Å². The Balaban J connectivity index is 4.03. The van der Waals surface area contributed by atoms with Gasteiger partial charge in [-0.15, -0.1) is 0 Å². The van der Waals surface area contributed by atoms with E-state index in [9.17, 15) is 0 Å². The molecule has 0 aromatic rings. The summed E-state index contributed by atoms with van der Waals surface area (Å²) in [5.41, 5.74) is 6.12. The number of rotatable bonds is 8. The van der Waals surface area contributed by atoms with Gasteiger partial charge in [0.2, 0.25) is 0 Å². The van der Waals surface area contributed by atoms with E-state index in [1.54, 1.807) is 0 Å². The van der Waals surface area contributed by atoms with Crippen LogP contribution in [0.3, 0.4) is 0 Å². The van der Waals surface area contributed by atoms with Crippen LogP contribution < -0.4 is 5.73 Å². The molecular weight excluding hydrogens is 204 g/mol. The molecule has 2 unspecified atom stereocenters. The van der Waals surface area contributed by atoms with E-state index in [0.29, 0.717) is 6.04 Å². The van der Waals surface area contributed by atoms with E-state index >= 15 is 0 Å². The van der Waals surface area contributed by atoms with Crippen LogP contribution in [0.25, 0.3) is 0 Å². The van der Waals surface area contributed by atoms with Gasteiger partial charge in [0.25, 0.3) is 0 Å². The molecule has 0 rings (SSSR count). The molecule has 0 bridgehead atoms. The number of nitrogens with two attached hydrogens (primary N) is 1. The summed E-state index contributed by atoms with van der Waals surface area (Å²) in [6, 6.07) is 0.662. The van der Waals surface area contributed by atoms with Crippen LogP contribution in [0, 0.1) is 5.41 Å². The zero-order valence-corrected chi connectivity index (χ0v) is 11.9. The van der Waals surface area contributed by atoms with Crippen molar-refractivity contribution in [1.29, 1.82) is 0 Å². The maximum Gasteiger partial charge on any atom is 0.00719 e. The summed E-state index contributed by atoms with van der Waals surface area (Å²) in [5.74, 6) is 1.25. The summed E-state index contributed by atoms with van der Waals surface area (Å²) in [4.78, 5) is 2.45. The van der Waals surface area contributed by atoms with Crippen molar-refractivity contribution >= 4 is 11.8 Å². The van der Waals surface area contributed by atoms with E-state index in [4.69, 9.17) is 5.73 Å². The molecule has 2 atom stereocenters. The van der Waals surface area contributed by atoms with Gasteiger partial charge in [-0.2, -0.15) is 11.8 Å². The molecule has 0 aliphatic heterocycles. The second-order valence-corrected chi connectivity index (χ2v) is 5.90. The fourth-order valence-electron chi connectivity index (χ4n) is 1.59. The van der Waals surface area contributed by atoms with Crippen LogP contribution >= 0.6 is 11.8 Å². The maximum absolute atomic E-state index is 5.84. The van der Waals surface area contributed by atoms with Crippen LogP contribution in [0.4, 0.5) is 0 Å². The molecule has 0 aromatic heterocycles. The molecule has 92 valence electrons. The summed E-state index contributed by atoms with van der Waals surface area (Å²) < 4.78 is 0. The minimum atomic E-state index is 0.280. The Labute approximate surface area is 100.0 Å². The molecule has 3 heteroatoms. The molecule has 15 heavy (non-hydrogen) atoms. The summed E-state index contributed by atoms with van der Waals surface area (Å²) in [7, 11) is 2.22. The predicted molar refractivity (Wildman–Crippen MR) is 72.5 cm³/mol. The minimum absolute atomic E-state index is 0.280. The highest BCUT2D eigenvalue weighted by molar-refractivity contribution is 7.98. The molecule has 2 N–H and O–H groups in total. The molecule has 0 fully saturated rings. The third-order valence-corrected chi connectivity index (χ3v) is 4.11. The second-order valence-electron chi connectivity index (χ2n) is 4.91. The SMILES string of the molecule is CCC(C)(CN)CN(C)C(C)CCSC. The predicted octanol–water partition coefficient (Wildman–Crippen LogP) is 2.43. The standard InChI is InChI=1S/C12H28N2S/c1-6-12(3,9-13)10-14(4)11(2)7-8-15-5/h11H,6-10,13H2,1-5H3. The summed E-state index contributed by atoms with van der Waals surface area (Å²) in [6.45, 7) is 8.71. The van der Waals surface area contributed by atoms with Crippen molar-refractivity contribution in [1.82, 2.24) is 4.90 Å². The minimum Gasteiger partial charge on any atom is -0.330 e. The van der Waals surface area contributed by atoms with Crippen molar-refractivity contribution < 1.29 is 0 Å². The molecule has 0 saturated heterocycles. The van der Waals surface area contributed by atoms with Gasteiger partial charge in [-0.1, -0.05) is 13.8 Å². The Morgan fingerprint density at radius 1 is 1.47 bits per heavy atom. The molecule has 0 amide bonds. The molecule has 0 saturated carbocycles. The van der Waals surface area contributed by atoms with Crippen LogP contribution in [-0.4, -0.2) is 43.1 Å². The normalized spacial score (nSPS) is 17.8. The van der Waals surface area contributed by atoms with E-state index in [1.165, 1.54) is 12.2 Å². The first kappa shape index (κ1) is 15.3. The average Bonchev–Trinajstić information content (AvgIpc) is 2.25. The fourth-order valence-corrected chi connectivity index (χ4v) is 2.16. The van der Waals surface area contributed by atoms with Gasteiger partial charge in [-0.25, -0.2) is 0 Å². The van der Waals surface area contributed by atoms with E-state index < -0.39 is 0 Å². The van der Waals surface area contributed by atoms with Gasteiger partial charge >= 0.3 is 0 Å². The largest absolute Gasteiger partial charge is 0.330 e. The van der Waals surface area contributed by atoms with Crippen LogP contribution in [0.5, 0.6) is 0 Å². The van der Waals surface area contributed by atoms with Gasteiger partial charge in [0.05, 0.1) is 0 Å². The highest BCUT2D eigenvalue weighted by Gasteiger charge is 2.23. The lowest BCUT2D eigenvalue weighted by Crippen LogP contribution is -2.42. The maximum atomic E-state index is 5.84. The first-order valence-electron chi connectivity index (χ1n) is 5.88. The number of hydrogen-bond acceptors (Lipinski definition) is 3. The van der Waals surface area contributed by atoms with Crippen molar-refractivity contribution in [3.05, 3.63) is 0 Å². The lowest BCUT2D eigenvalue weighted by molar-refractivity contribution is 0.154. The van der Waals surface area contributed by atoms with Gasteiger partial charge in [-0.05, 0) is 50.8 Å². The highest BCUT2D eigenvalue weighted by atomic mass is 32.2. The summed E-state index contributed by atoms with van der Waals surface area (Å²) in [6.07, 6.45) is 4.59. The Hall–Kier alpha value is 0.270. The smallest absolute Gasteiger partial charge is 0.00719 e. The van der Waals surface area contributed by atoms with Gasteiger partial charge in [0.15, 0.2) is 0 Å². The van der Waals surface area contributed by atoms with Gasteiger partial charge in [0, 0.05) is 12.6 Å². The molecule has 0 radical (unpaired) electrons. The van der Waals surface area contributed by atoms with Crippen LogP contribution in [0.2, 0.25) is 0 Å². The van der Waals surface area contributed by atoms with E-state index in [-0.39, 0.29) is 5.41 Å². The molecule has 0 aliphatic carbocycles. The lowest BCUT2D eigenvalue weighted by Gasteiger charge is -2.35. The lowest BCUT2D eigenvalue weighted by atomic mass is 9.87. The third-order valence-electron chi connectivity index (χ3n) is 3.47. The van der Waals surface area contributed by atoms with Gasteiger partial charge in [0.1, 0.15) is 0 Å². The van der Waals surface area contributed by atoms with Crippen LogP contribution in [0.15, 0.2) is 0 Å². The number of thioether (sulfide) groups is 1. The van der Waals surface area contributed by atoms with Crippen molar-refractivity contribution in [3.8, 4) is 0 Å². The molecular formula is C12H28N2S. The van der Waals surface area contributed by atoms with Crippen molar-refractivity contribution in [2.75, 3.05) is 32.1 Å². The zero-order chi connectivity index (χ0) is 11.9. The Morgan fingerprint density at radius 2 is 2.07 bits per heavy atom. The van der Waals surface area contributed by atoms with Crippen LogP contribution in [0.1, 0.15) is 33.6 Å². The Bertz CT molecular complexity index is 158. The quantitative estimate of drug-likeness (QED) is 0.697. The summed E-state index contributed by atoms with van der Waals surface area (Å²) >= 11 is 1.93. The van der Waals surface area contributed by atoms with Crippen molar-refractivity contribution in [2.24, 2.45) is 11.1 Å². The van der Waals surface area contributed by atoms with Crippen molar-refractivity contribution in [3.63, 3.8) is 0 Å². The highest BCUT2D eigenvalue weighted by Crippen LogP contribution is 2.21. The number of hydrogen-bond donors (Lipinski definition) is 1. The Morgan fingerprint density at radius 3 is 2.47 bits per heavy atom. The summed E-state index contributed by atoms with van der Waals surface area (Å²) in [5, 5.41) is 0. The molecule has 0 spiro atoms. The number of nitrogens with zero attached hydrogens (tertiary/aromatic N) is 1.